The molecule has 1 fully saturated rings. The molecule has 1 aliphatic heterocycles. The van der Waals surface area contributed by atoms with E-state index in [-0.39, 0.29) is 5.91 Å². The molecule has 4 heteroatoms. The van der Waals surface area contributed by atoms with Crippen LogP contribution in [0.5, 0.6) is 0 Å². The number of aryl methyl sites for hydroxylation is 2. The van der Waals surface area contributed by atoms with Gasteiger partial charge in [-0.1, -0.05) is 42.5 Å². The smallest absolute Gasteiger partial charge is 0.224 e. The fraction of sp³-hybridized carbons (Fsp3) is 0.296. The van der Waals surface area contributed by atoms with Crippen LogP contribution in [-0.2, 0) is 4.79 Å². The molecule has 0 atom stereocenters. The number of benzene rings is 3. The third-order valence-electron chi connectivity index (χ3n) is 6.17. The quantitative estimate of drug-likeness (QED) is 0.557. The van der Waals surface area contributed by atoms with E-state index < -0.39 is 0 Å². The Morgan fingerprint density at radius 3 is 1.90 bits per heavy atom. The summed E-state index contributed by atoms with van der Waals surface area (Å²) in [6.45, 7) is 8.30. The van der Waals surface area contributed by atoms with E-state index in [0.29, 0.717) is 13.0 Å². The molecule has 0 radical (unpaired) electrons. The lowest BCUT2D eigenvalue weighted by atomic mass is 10.1. The number of rotatable bonds is 6. The fourth-order valence-electron chi connectivity index (χ4n) is 4.13. The third kappa shape index (κ3) is 5.08. The lowest BCUT2D eigenvalue weighted by molar-refractivity contribution is -0.131. The Kier molecular flexibility index (Phi) is 6.56. The first-order chi connectivity index (χ1) is 15.1. The van der Waals surface area contributed by atoms with Gasteiger partial charge in [0.05, 0.1) is 0 Å². The maximum absolute atomic E-state index is 13.0. The number of nitrogens with zero attached hydrogens (tertiary/aromatic N) is 3. The highest BCUT2D eigenvalue weighted by molar-refractivity contribution is 5.78. The first-order valence-corrected chi connectivity index (χ1v) is 11.1. The zero-order chi connectivity index (χ0) is 21.6. The number of anilines is 3. The van der Waals surface area contributed by atoms with Gasteiger partial charge >= 0.3 is 0 Å². The molecule has 3 aromatic carbocycles. The molecule has 0 unspecified atom stereocenters. The van der Waals surface area contributed by atoms with E-state index in [9.17, 15) is 4.79 Å². The Morgan fingerprint density at radius 2 is 1.35 bits per heavy atom. The molecule has 3 aromatic rings. The van der Waals surface area contributed by atoms with E-state index in [0.717, 1.165) is 37.6 Å². The van der Waals surface area contributed by atoms with Crippen molar-refractivity contribution in [3.05, 3.63) is 90.0 Å². The normalized spacial score (nSPS) is 13.9. The van der Waals surface area contributed by atoms with Crippen molar-refractivity contribution in [3.63, 3.8) is 0 Å². The number of carbonyl (C=O) groups excluding carboxylic acids is 1. The summed E-state index contributed by atoms with van der Waals surface area (Å²) in [6.07, 6.45) is 0.507. The summed E-state index contributed by atoms with van der Waals surface area (Å²) in [5, 5.41) is 0. The van der Waals surface area contributed by atoms with Crippen molar-refractivity contribution >= 4 is 23.0 Å². The summed E-state index contributed by atoms with van der Waals surface area (Å²) in [7, 11) is 0. The molecule has 0 aromatic heterocycles. The predicted octanol–water partition coefficient (Wildman–Crippen LogP) is 5.18. The summed E-state index contributed by atoms with van der Waals surface area (Å²) in [4.78, 5) is 19.6. The number of hydrogen-bond acceptors (Lipinski definition) is 3. The van der Waals surface area contributed by atoms with Crippen molar-refractivity contribution < 1.29 is 4.79 Å². The van der Waals surface area contributed by atoms with Crippen LogP contribution in [0, 0.1) is 13.8 Å². The van der Waals surface area contributed by atoms with Crippen LogP contribution in [-0.4, -0.2) is 43.5 Å². The Balaban J connectivity index is 1.36. The van der Waals surface area contributed by atoms with Gasteiger partial charge < -0.3 is 14.7 Å². The second-order valence-electron chi connectivity index (χ2n) is 8.21. The van der Waals surface area contributed by atoms with Gasteiger partial charge in [0.25, 0.3) is 0 Å². The van der Waals surface area contributed by atoms with Crippen LogP contribution in [0.1, 0.15) is 17.5 Å². The van der Waals surface area contributed by atoms with Gasteiger partial charge in [0.1, 0.15) is 0 Å². The van der Waals surface area contributed by atoms with E-state index in [1.54, 1.807) is 0 Å². The van der Waals surface area contributed by atoms with E-state index in [2.05, 4.69) is 66.1 Å². The van der Waals surface area contributed by atoms with E-state index >= 15 is 0 Å². The number of para-hydroxylation sites is 2. The summed E-state index contributed by atoms with van der Waals surface area (Å²) in [5.74, 6) is 0.233. The molecule has 0 aliphatic carbocycles. The highest BCUT2D eigenvalue weighted by Crippen LogP contribution is 2.25. The molecule has 0 N–H and O–H groups in total. The highest BCUT2D eigenvalue weighted by Gasteiger charge is 2.22. The minimum atomic E-state index is 0.233. The van der Waals surface area contributed by atoms with Crippen LogP contribution in [0.15, 0.2) is 78.9 Å². The van der Waals surface area contributed by atoms with Crippen LogP contribution >= 0.6 is 0 Å². The van der Waals surface area contributed by atoms with Crippen molar-refractivity contribution in [2.75, 3.05) is 42.5 Å². The fourth-order valence-corrected chi connectivity index (χ4v) is 4.13. The van der Waals surface area contributed by atoms with Crippen molar-refractivity contribution in [1.29, 1.82) is 0 Å². The average molecular weight is 414 g/mol. The average Bonchev–Trinajstić information content (AvgIpc) is 2.82. The molecule has 0 bridgehead atoms. The Morgan fingerprint density at radius 1 is 0.774 bits per heavy atom. The monoisotopic (exact) mass is 413 g/mol. The maximum Gasteiger partial charge on any atom is 0.224 e. The van der Waals surface area contributed by atoms with Gasteiger partial charge in [-0.05, 0) is 61.4 Å². The van der Waals surface area contributed by atoms with Crippen LogP contribution in [0.2, 0.25) is 0 Å². The molecule has 1 heterocycles. The first kappa shape index (κ1) is 21.0. The zero-order valence-corrected chi connectivity index (χ0v) is 18.5. The van der Waals surface area contributed by atoms with Gasteiger partial charge in [0.2, 0.25) is 5.91 Å². The van der Waals surface area contributed by atoms with Crippen LogP contribution < -0.4 is 9.80 Å². The standard InChI is InChI=1S/C27H31N3O/c1-22-13-14-26(21-23(22)2)28-17-19-29(20-18-28)27(31)15-16-30(24-9-5-3-6-10-24)25-11-7-4-8-12-25/h3-14,21H,15-20H2,1-2H3. The van der Waals surface area contributed by atoms with Gasteiger partial charge in [-0.15, -0.1) is 0 Å². The highest BCUT2D eigenvalue weighted by atomic mass is 16.2. The molecule has 4 nitrogen and oxygen atoms in total. The molecule has 1 amide bonds. The molecular formula is C27H31N3O. The Hall–Kier alpha value is -3.27. The van der Waals surface area contributed by atoms with Gasteiger partial charge in [-0.25, -0.2) is 0 Å². The summed E-state index contributed by atoms with van der Waals surface area (Å²) in [5.41, 5.74) is 6.12. The molecule has 0 spiro atoms. The molecule has 0 saturated carbocycles. The van der Waals surface area contributed by atoms with E-state index in [1.165, 1.54) is 16.8 Å². The third-order valence-corrected chi connectivity index (χ3v) is 6.17. The second-order valence-corrected chi connectivity index (χ2v) is 8.21. The lowest BCUT2D eigenvalue weighted by Gasteiger charge is -2.37. The topological polar surface area (TPSA) is 26.8 Å². The zero-order valence-electron chi connectivity index (χ0n) is 18.5. The number of piperazine rings is 1. The minimum Gasteiger partial charge on any atom is -0.368 e. The van der Waals surface area contributed by atoms with E-state index in [1.807, 2.05) is 41.3 Å². The maximum atomic E-state index is 13.0. The largest absolute Gasteiger partial charge is 0.368 e. The molecule has 1 aliphatic rings. The van der Waals surface area contributed by atoms with Crippen LogP contribution in [0.3, 0.4) is 0 Å². The number of carbonyl (C=O) groups is 1. The van der Waals surface area contributed by atoms with Gasteiger partial charge in [0, 0.05) is 56.2 Å². The van der Waals surface area contributed by atoms with Gasteiger partial charge in [-0.2, -0.15) is 0 Å². The number of hydrogen-bond donors (Lipinski definition) is 0. The van der Waals surface area contributed by atoms with Crippen LogP contribution in [0.4, 0.5) is 17.1 Å². The second kappa shape index (κ2) is 9.69. The Labute approximate surface area is 185 Å². The van der Waals surface area contributed by atoms with Crippen molar-refractivity contribution in [2.24, 2.45) is 0 Å². The SMILES string of the molecule is Cc1ccc(N2CCN(C(=O)CCN(c3ccccc3)c3ccccc3)CC2)cc1C. The van der Waals surface area contributed by atoms with Crippen LogP contribution in [0.25, 0.3) is 0 Å². The molecule has 4 rings (SSSR count). The lowest BCUT2D eigenvalue weighted by Crippen LogP contribution is -2.49. The number of amides is 1. The molecule has 1 saturated heterocycles. The predicted molar refractivity (Wildman–Crippen MR) is 129 cm³/mol. The molecule has 31 heavy (non-hydrogen) atoms. The first-order valence-electron chi connectivity index (χ1n) is 11.1. The summed E-state index contributed by atoms with van der Waals surface area (Å²) >= 11 is 0. The molecule has 160 valence electrons. The van der Waals surface area contributed by atoms with Crippen molar-refractivity contribution in [1.82, 2.24) is 4.90 Å². The van der Waals surface area contributed by atoms with E-state index in [4.69, 9.17) is 0 Å². The van der Waals surface area contributed by atoms with Crippen molar-refractivity contribution in [2.45, 2.75) is 20.3 Å². The Bertz CT molecular complexity index is 956. The van der Waals surface area contributed by atoms with Gasteiger partial charge in [0.15, 0.2) is 0 Å². The summed E-state index contributed by atoms with van der Waals surface area (Å²) < 4.78 is 0. The minimum absolute atomic E-state index is 0.233. The van der Waals surface area contributed by atoms with Gasteiger partial charge in [-0.3, -0.25) is 4.79 Å². The summed E-state index contributed by atoms with van der Waals surface area (Å²) in [6, 6.07) is 27.2. The molecular weight excluding hydrogens is 382 g/mol. The van der Waals surface area contributed by atoms with Crippen molar-refractivity contribution in [3.8, 4) is 0 Å².